The predicted molar refractivity (Wildman–Crippen MR) is 138 cm³/mol. The Morgan fingerprint density at radius 1 is 1.22 bits per heavy atom. The van der Waals surface area contributed by atoms with E-state index in [9.17, 15) is 19.5 Å². The number of hydrogen-bond donors (Lipinski definition) is 4. The third kappa shape index (κ3) is 5.65. The van der Waals surface area contributed by atoms with Crippen molar-refractivity contribution in [2.24, 2.45) is 5.73 Å². The van der Waals surface area contributed by atoms with Crippen LogP contribution in [0.4, 0.5) is 11.4 Å². The minimum Gasteiger partial charge on any atom is -0.508 e. The second-order valence-electron chi connectivity index (χ2n) is 8.39. The average Bonchev–Trinajstić information content (AvgIpc) is 3.56. The summed E-state index contributed by atoms with van der Waals surface area (Å²) in [6.45, 7) is 0.901. The van der Waals surface area contributed by atoms with Crippen LogP contribution in [0.2, 0.25) is 0 Å². The van der Waals surface area contributed by atoms with Crippen molar-refractivity contribution in [1.82, 2.24) is 9.69 Å². The van der Waals surface area contributed by atoms with Crippen LogP contribution in [0.3, 0.4) is 0 Å². The van der Waals surface area contributed by atoms with Gasteiger partial charge in [-0.2, -0.15) is 4.37 Å². The van der Waals surface area contributed by atoms with Crippen molar-refractivity contribution in [2.45, 2.75) is 25.0 Å². The van der Waals surface area contributed by atoms with Gasteiger partial charge in [0.2, 0.25) is 5.91 Å². The molecule has 1 aromatic heterocycles. The third-order valence-corrected chi connectivity index (χ3v) is 6.82. The number of aromatic nitrogens is 1. The van der Waals surface area contributed by atoms with E-state index in [4.69, 9.17) is 20.9 Å². The number of methoxy groups -OCH3 is 1. The van der Waals surface area contributed by atoms with Crippen LogP contribution in [0.15, 0.2) is 48.5 Å². The van der Waals surface area contributed by atoms with Gasteiger partial charge in [-0.05, 0) is 66.3 Å². The number of ether oxygens (including phenoxy) is 2. The van der Waals surface area contributed by atoms with E-state index in [0.29, 0.717) is 23.6 Å². The normalized spacial score (nSPS) is 15.6. The highest BCUT2D eigenvalue weighted by molar-refractivity contribution is 7.09. The van der Waals surface area contributed by atoms with Gasteiger partial charge in [-0.3, -0.25) is 19.3 Å². The number of anilines is 2. The maximum atomic E-state index is 14.0. The summed E-state index contributed by atoms with van der Waals surface area (Å²) < 4.78 is 14.8. The van der Waals surface area contributed by atoms with Gasteiger partial charge < -0.3 is 31.4 Å². The highest BCUT2D eigenvalue weighted by Crippen LogP contribution is 2.34. The van der Waals surface area contributed by atoms with Crippen molar-refractivity contribution < 1.29 is 29.0 Å². The monoisotopic (exact) mass is 525 g/mol. The first-order valence-corrected chi connectivity index (χ1v) is 12.3. The first-order chi connectivity index (χ1) is 17.8. The van der Waals surface area contributed by atoms with Gasteiger partial charge in [-0.1, -0.05) is 12.1 Å². The van der Waals surface area contributed by atoms with Crippen LogP contribution in [0.25, 0.3) is 0 Å². The van der Waals surface area contributed by atoms with E-state index >= 15 is 0 Å². The highest BCUT2D eigenvalue weighted by Gasteiger charge is 2.36. The first kappa shape index (κ1) is 25.9. The highest BCUT2D eigenvalue weighted by atomic mass is 32.1. The number of primary amides is 1. The molecule has 2 atom stereocenters. The Morgan fingerprint density at radius 3 is 2.49 bits per heavy atom. The largest absolute Gasteiger partial charge is 0.508 e. The van der Waals surface area contributed by atoms with Crippen molar-refractivity contribution in [3.8, 4) is 11.5 Å². The van der Waals surface area contributed by atoms with Gasteiger partial charge in [-0.15, -0.1) is 0 Å². The molecule has 1 aliphatic rings. The summed E-state index contributed by atoms with van der Waals surface area (Å²) in [5.41, 5.74) is 11.8. The summed E-state index contributed by atoms with van der Waals surface area (Å²) in [5, 5.41) is 12.7. The van der Waals surface area contributed by atoms with Gasteiger partial charge in [0.15, 0.2) is 5.69 Å². The molecule has 0 radical (unpaired) electrons. The fourth-order valence-corrected chi connectivity index (χ4v) is 4.80. The molecule has 3 amide bonds. The van der Waals surface area contributed by atoms with Crippen molar-refractivity contribution >= 4 is 40.6 Å². The van der Waals surface area contributed by atoms with Crippen LogP contribution in [-0.4, -0.2) is 53.6 Å². The Hall–Kier alpha value is -4.16. The molecule has 1 aliphatic heterocycles. The van der Waals surface area contributed by atoms with Crippen molar-refractivity contribution in [1.29, 1.82) is 0 Å². The van der Waals surface area contributed by atoms with E-state index in [1.165, 1.54) is 24.1 Å². The molecule has 37 heavy (non-hydrogen) atoms. The van der Waals surface area contributed by atoms with Crippen molar-refractivity contribution in [3.63, 3.8) is 0 Å². The molecule has 11 nitrogen and oxygen atoms in total. The molecular weight excluding hydrogens is 498 g/mol. The van der Waals surface area contributed by atoms with E-state index in [2.05, 4.69) is 9.69 Å². The Morgan fingerprint density at radius 2 is 1.92 bits per heavy atom. The quantitative estimate of drug-likeness (QED) is 0.329. The van der Waals surface area contributed by atoms with Crippen molar-refractivity contribution in [3.05, 3.63) is 64.7 Å². The molecule has 6 N–H and O–H groups in total. The maximum Gasteiger partial charge on any atom is 0.273 e. The lowest BCUT2D eigenvalue weighted by atomic mass is 10.0. The number of carbonyl (C=O) groups is 3. The van der Waals surface area contributed by atoms with Crippen LogP contribution < -0.4 is 26.4 Å². The molecule has 4 rings (SSSR count). The summed E-state index contributed by atoms with van der Waals surface area (Å²) in [6, 6.07) is 11.4. The number of benzene rings is 2. The Labute approximate surface area is 217 Å². The summed E-state index contributed by atoms with van der Waals surface area (Å²) >= 11 is 0.720. The number of hydrogen-bond acceptors (Lipinski definition) is 9. The second-order valence-corrected chi connectivity index (χ2v) is 9.16. The van der Waals surface area contributed by atoms with Crippen LogP contribution in [0, 0.1) is 0 Å². The van der Waals surface area contributed by atoms with Gasteiger partial charge in [0.05, 0.1) is 18.9 Å². The molecule has 1 saturated heterocycles. The number of rotatable bonds is 9. The number of aromatic hydroxyl groups is 1. The Kier molecular flexibility index (Phi) is 7.89. The van der Waals surface area contributed by atoms with Crippen LogP contribution in [-0.2, 0) is 9.53 Å². The lowest BCUT2D eigenvalue weighted by Crippen LogP contribution is -2.45. The molecule has 2 heterocycles. The zero-order valence-electron chi connectivity index (χ0n) is 20.0. The molecule has 0 saturated carbocycles. The predicted octanol–water partition coefficient (Wildman–Crippen LogP) is 2.22. The molecule has 0 unspecified atom stereocenters. The minimum atomic E-state index is -1.17. The number of nitrogens with two attached hydrogens (primary N) is 2. The zero-order valence-corrected chi connectivity index (χ0v) is 20.9. The summed E-state index contributed by atoms with van der Waals surface area (Å²) in [6.07, 6.45) is 1.61. The summed E-state index contributed by atoms with van der Waals surface area (Å²) in [4.78, 5) is 40.6. The molecule has 1 fully saturated rings. The SMILES string of the molecule is COc1ccc(N(C(=O)c2snc(C(N)=O)c2N)[C@@H](C(=O)NC[C@H]2CCCO2)c2ccc(O)cc2)cc1. The average molecular weight is 526 g/mol. The zero-order chi connectivity index (χ0) is 26.5. The second kappa shape index (κ2) is 11.3. The molecule has 2 aromatic carbocycles. The van der Waals surface area contributed by atoms with Crippen LogP contribution >= 0.6 is 11.5 Å². The molecule has 12 heteroatoms. The number of nitrogen functional groups attached to an aromatic ring is 1. The molecule has 194 valence electrons. The van der Waals surface area contributed by atoms with E-state index in [0.717, 1.165) is 24.4 Å². The summed E-state index contributed by atoms with van der Waals surface area (Å²) in [7, 11) is 1.51. The maximum absolute atomic E-state index is 14.0. The van der Waals surface area contributed by atoms with Gasteiger partial charge >= 0.3 is 0 Å². The van der Waals surface area contributed by atoms with Crippen molar-refractivity contribution in [2.75, 3.05) is 30.9 Å². The lowest BCUT2D eigenvalue weighted by molar-refractivity contribution is -0.123. The fourth-order valence-electron chi connectivity index (χ4n) is 4.06. The Balaban J connectivity index is 1.80. The van der Waals surface area contributed by atoms with E-state index in [1.807, 2.05) is 0 Å². The van der Waals surface area contributed by atoms with Gasteiger partial charge in [0, 0.05) is 18.8 Å². The molecular formula is C25H27N5O6S. The number of nitrogens with one attached hydrogen (secondary N) is 1. The Bertz CT molecular complexity index is 1270. The van der Waals surface area contributed by atoms with E-state index in [-0.39, 0.29) is 34.7 Å². The van der Waals surface area contributed by atoms with E-state index in [1.54, 1.807) is 36.4 Å². The molecule has 3 aromatic rings. The fraction of sp³-hybridized carbons (Fsp3) is 0.280. The number of amides is 3. The standard InChI is InChI=1S/C25H27N5O6S/c1-35-17-10-6-15(7-11-17)30(25(34)22-19(26)20(23(27)32)29-37-22)21(14-4-8-16(31)9-5-14)24(33)28-13-18-3-2-12-36-18/h4-11,18,21,31H,2-3,12-13,26H2,1H3,(H2,27,32)(H,28,33)/t18-,21-/m1/s1. The molecule has 0 bridgehead atoms. The van der Waals surface area contributed by atoms with Crippen LogP contribution in [0.1, 0.15) is 44.6 Å². The smallest absolute Gasteiger partial charge is 0.273 e. The van der Waals surface area contributed by atoms with Crippen LogP contribution in [0.5, 0.6) is 11.5 Å². The minimum absolute atomic E-state index is 0.00221. The number of carbonyl (C=O) groups excluding carboxylic acids is 3. The summed E-state index contributed by atoms with van der Waals surface area (Å²) in [5.74, 6) is -1.44. The number of nitrogens with zero attached hydrogens (tertiary/aromatic N) is 2. The lowest BCUT2D eigenvalue weighted by Gasteiger charge is -2.31. The number of phenols is 1. The molecule has 0 spiro atoms. The topological polar surface area (TPSA) is 170 Å². The third-order valence-electron chi connectivity index (χ3n) is 5.97. The first-order valence-electron chi connectivity index (χ1n) is 11.5. The number of phenolic OH excluding ortho intramolecular Hbond substituents is 1. The molecule has 0 aliphatic carbocycles. The van der Waals surface area contributed by atoms with Gasteiger partial charge in [0.1, 0.15) is 22.4 Å². The van der Waals surface area contributed by atoms with Gasteiger partial charge in [-0.25, -0.2) is 0 Å². The van der Waals surface area contributed by atoms with E-state index < -0.39 is 23.8 Å². The van der Waals surface area contributed by atoms with Gasteiger partial charge in [0.25, 0.3) is 11.8 Å².